The van der Waals surface area contributed by atoms with Gasteiger partial charge < -0.3 is 9.47 Å². The smallest absolute Gasteiger partial charge is 0.125 e. The van der Waals surface area contributed by atoms with Crippen LogP contribution in [0.2, 0.25) is 0 Å². The van der Waals surface area contributed by atoms with Crippen LogP contribution < -0.4 is 0 Å². The van der Waals surface area contributed by atoms with Gasteiger partial charge >= 0.3 is 0 Å². The van der Waals surface area contributed by atoms with Crippen molar-refractivity contribution in [3.8, 4) is 0 Å². The van der Waals surface area contributed by atoms with Gasteiger partial charge in [-0.05, 0) is 43.6 Å². The van der Waals surface area contributed by atoms with E-state index in [4.69, 9.17) is 11.6 Å². The van der Waals surface area contributed by atoms with Crippen molar-refractivity contribution in [1.29, 1.82) is 0 Å². The first kappa shape index (κ1) is 14.8. The Morgan fingerprint density at radius 3 is 3.00 bits per heavy atom. The largest absolute Gasteiger partial charge is 0.328 e. The molecule has 0 bridgehead atoms. The lowest BCUT2D eigenvalue weighted by atomic mass is 10.1. The highest BCUT2D eigenvalue weighted by atomic mass is 35.5. The van der Waals surface area contributed by atoms with Crippen LogP contribution >= 0.6 is 11.6 Å². The van der Waals surface area contributed by atoms with Crippen LogP contribution in [-0.2, 0) is 13.0 Å². The Bertz CT molecular complexity index is 625. The SMILES string of the molecule is CCN1CCC(Cn2c(CCCl)nc3ccc(F)cc32)C1. The number of aromatic nitrogens is 2. The molecule has 1 aromatic heterocycles. The van der Waals surface area contributed by atoms with Crippen molar-refractivity contribution in [1.82, 2.24) is 14.5 Å². The highest BCUT2D eigenvalue weighted by Gasteiger charge is 2.23. The summed E-state index contributed by atoms with van der Waals surface area (Å²) in [5, 5.41) is 0. The zero-order valence-corrected chi connectivity index (χ0v) is 13.1. The summed E-state index contributed by atoms with van der Waals surface area (Å²) in [5.74, 6) is 1.92. The summed E-state index contributed by atoms with van der Waals surface area (Å²) in [4.78, 5) is 7.09. The summed E-state index contributed by atoms with van der Waals surface area (Å²) in [6.45, 7) is 6.48. The first-order valence-corrected chi connectivity index (χ1v) is 8.17. The molecule has 0 saturated carbocycles. The van der Waals surface area contributed by atoms with Gasteiger partial charge in [0, 0.05) is 25.4 Å². The zero-order chi connectivity index (χ0) is 14.8. The Kier molecular flexibility index (Phi) is 4.45. The predicted octanol–water partition coefficient (Wildman–Crippen LogP) is 3.30. The van der Waals surface area contributed by atoms with Gasteiger partial charge in [0.25, 0.3) is 0 Å². The summed E-state index contributed by atoms with van der Waals surface area (Å²) in [5.41, 5.74) is 1.76. The quantitative estimate of drug-likeness (QED) is 0.790. The topological polar surface area (TPSA) is 21.1 Å². The first-order chi connectivity index (χ1) is 10.2. The second kappa shape index (κ2) is 6.32. The molecule has 1 unspecified atom stereocenters. The molecule has 2 heterocycles. The van der Waals surface area contributed by atoms with Gasteiger partial charge in [-0.1, -0.05) is 6.92 Å². The molecule has 5 heteroatoms. The van der Waals surface area contributed by atoms with E-state index in [1.807, 2.05) is 0 Å². The fourth-order valence-electron chi connectivity index (χ4n) is 3.23. The number of benzene rings is 1. The minimum atomic E-state index is -0.206. The monoisotopic (exact) mass is 309 g/mol. The van der Waals surface area contributed by atoms with Crippen LogP contribution in [0.5, 0.6) is 0 Å². The number of alkyl halides is 1. The van der Waals surface area contributed by atoms with Crippen molar-refractivity contribution < 1.29 is 4.39 Å². The van der Waals surface area contributed by atoms with Crippen LogP contribution in [0.1, 0.15) is 19.2 Å². The molecule has 1 aliphatic rings. The van der Waals surface area contributed by atoms with Gasteiger partial charge in [0.05, 0.1) is 11.0 Å². The second-order valence-corrected chi connectivity index (χ2v) is 6.14. The maximum atomic E-state index is 13.6. The third kappa shape index (κ3) is 3.06. The average molecular weight is 310 g/mol. The summed E-state index contributed by atoms with van der Waals surface area (Å²) in [6.07, 6.45) is 1.92. The van der Waals surface area contributed by atoms with Gasteiger partial charge in [-0.25, -0.2) is 9.37 Å². The zero-order valence-electron chi connectivity index (χ0n) is 12.4. The maximum absolute atomic E-state index is 13.6. The lowest BCUT2D eigenvalue weighted by Gasteiger charge is -2.15. The summed E-state index contributed by atoms with van der Waals surface area (Å²) in [6, 6.07) is 4.82. The van der Waals surface area contributed by atoms with Crippen molar-refractivity contribution in [2.75, 3.05) is 25.5 Å². The molecule has 1 saturated heterocycles. The molecule has 0 radical (unpaired) electrons. The fraction of sp³-hybridized carbons (Fsp3) is 0.562. The van der Waals surface area contributed by atoms with Gasteiger partial charge in [-0.15, -0.1) is 11.6 Å². The summed E-state index contributed by atoms with van der Waals surface area (Å²) < 4.78 is 15.7. The number of hydrogen-bond donors (Lipinski definition) is 0. The van der Waals surface area contributed by atoms with Gasteiger partial charge in [0.2, 0.25) is 0 Å². The van der Waals surface area contributed by atoms with Crippen molar-refractivity contribution in [3.63, 3.8) is 0 Å². The minimum absolute atomic E-state index is 0.206. The second-order valence-electron chi connectivity index (χ2n) is 5.76. The third-order valence-corrected chi connectivity index (χ3v) is 4.55. The summed E-state index contributed by atoms with van der Waals surface area (Å²) >= 11 is 5.89. The molecule has 1 aromatic carbocycles. The Morgan fingerprint density at radius 2 is 2.29 bits per heavy atom. The molecule has 21 heavy (non-hydrogen) atoms. The van der Waals surface area contributed by atoms with Crippen molar-refractivity contribution in [2.45, 2.75) is 26.3 Å². The molecule has 0 N–H and O–H groups in total. The van der Waals surface area contributed by atoms with E-state index >= 15 is 0 Å². The number of imidazole rings is 1. The standard InChI is InChI=1S/C16H21ClFN3/c1-2-20-8-6-12(10-20)11-21-15-9-13(18)3-4-14(15)19-16(21)5-7-17/h3-4,9,12H,2,5-8,10-11H2,1H3. The molecule has 1 aliphatic heterocycles. The predicted molar refractivity (Wildman–Crippen MR) is 84.3 cm³/mol. The number of rotatable bonds is 5. The number of aryl methyl sites for hydroxylation is 1. The van der Waals surface area contributed by atoms with E-state index in [0.29, 0.717) is 11.8 Å². The summed E-state index contributed by atoms with van der Waals surface area (Å²) in [7, 11) is 0. The highest BCUT2D eigenvalue weighted by Crippen LogP contribution is 2.24. The van der Waals surface area contributed by atoms with Gasteiger partial charge in [0.15, 0.2) is 0 Å². The maximum Gasteiger partial charge on any atom is 0.125 e. The van der Waals surface area contributed by atoms with Gasteiger partial charge in [-0.2, -0.15) is 0 Å². The number of nitrogens with zero attached hydrogens (tertiary/aromatic N) is 3. The van der Waals surface area contributed by atoms with Crippen LogP contribution in [-0.4, -0.2) is 40.0 Å². The van der Waals surface area contributed by atoms with Crippen LogP contribution in [0.15, 0.2) is 18.2 Å². The van der Waals surface area contributed by atoms with E-state index in [1.165, 1.54) is 12.5 Å². The van der Waals surface area contributed by atoms with E-state index in [1.54, 1.807) is 12.1 Å². The molecule has 3 nitrogen and oxygen atoms in total. The lowest BCUT2D eigenvalue weighted by Crippen LogP contribution is -2.21. The van der Waals surface area contributed by atoms with E-state index in [-0.39, 0.29) is 5.82 Å². The molecular formula is C16H21ClFN3. The van der Waals surface area contributed by atoms with Crippen molar-refractivity contribution in [2.24, 2.45) is 5.92 Å². The Labute approximate surface area is 129 Å². The Hall–Kier alpha value is -1.13. The lowest BCUT2D eigenvalue weighted by molar-refractivity contribution is 0.332. The molecular weight excluding hydrogens is 289 g/mol. The van der Waals surface area contributed by atoms with Crippen molar-refractivity contribution in [3.05, 3.63) is 29.8 Å². The minimum Gasteiger partial charge on any atom is -0.328 e. The Morgan fingerprint density at radius 1 is 1.43 bits per heavy atom. The molecule has 1 fully saturated rings. The molecule has 0 amide bonds. The van der Waals surface area contributed by atoms with Crippen LogP contribution in [0.3, 0.4) is 0 Å². The third-order valence-electron chi connectivity index (χ3n) is 4.37. The van der Waals surface area contributed by atoms with Crippen LogP contribution in [0.4, 0.5) is 4.39 Å². The highest BCUT2D eigenvalue weighted by molar-refractivity contribution is 6.17. The number of hydrogen-bond acceptors (Lipinski definition) is 2. The first-order valence-electron chi connectivity index (χ1n) is 7.64. The van der Waals surface area contributed by atoms with Crippen molar-refractivity contribution >= 4 is 22.6 Å². The van der Waals surface area contributed by atoms with Crippen LogP contribution in [0, 0.1) is 11.7 Å². The molecule has 0 spiro atoms. The molecule has 3 rings (SSSR count). The molecule has 1 atom stereocenters. The van der Waals surface area contributed by atoms with E-state index in [9.17, 15) is 4.39 Å². The van der Waals surface area contributed by atoms with E-state index in [2.05, 4.69) is 21.4 Å². The van der Waals surface area contributed by atoms with Gasteiger partial charge in [-0.3, -0.25) is 0 Å². The number of likely N-dealkylation sites (tertiary alicyclic amines) is 1. The number of halogens is 2. The van der Waals surface area contributed by atoms with E-state index < -0.39 is 0 Å². The molecule has 0 aliphatic carbocycles. The molecule has 114 valence electrons. The van der Waals surface area contributed by atoms with Gasteiger partial charge in [0.1, 0.15) is 11.6 Å². The Balaban J connectivity index is 1.91. The average Bonchev–Trinajstić information content (AvgIpc) is 3.06. The number of fused-ring (bicyclic) bond motifs is 1. The van der Waals surface area contributed by atoms with E-state index in [0.717, 1.165) is 49.5 Å². The molecule has 2 aromatic rings. The fourth-order valence-corrected chi connectivity index (χ4v) is 3.40. The normalized spacial score (nSPS) is 19.7. The van der Waals surface area contributed by atoms with Crippen LogP contribution in [0.25, 0.3) is 11.0 Å².